The first-order chi connectivity index (χ1) is 8.33. The van der Waals surface area contributed by atoms with Crippen LogP contribution in [0.1, 0.15) is 16.8 Å². The smallest absolute Gasteiger partial charge is 0.392 e. The molecule has 0 fully saturated rings. The predicted molar refractivity (Wildman–Crippen MR) is 58.4 cm³/mol. The first kappa shape index (κ1) is 14.1. The second-order valence-electron chi connectivity index (χ2n) is 3.46. The van der Waals surface area contributed by atoms with E-state index in [1.54, 1.807) is 0 Å². The van der Waals surface area contributed by atoms with E-state index in [0.717, 1.165) is 0 Å². The molecule has 0 bridgehead atoms. The summed E-state index contributed by atoms with van der Waals surface area (Å²) < 4.78 is 45.2. The fourth-order valence-electron chi connectivity index (χ4n) is 1.18. The zero-order valence-electron chi connectivity index (χ0n) is 9.58. The fraction of sp³-hybridized carbons (Fsp3) is 0.364. The minimum Gasteiger partial charge on any atom is -0.491 e. The Balaban J connectivity index is 2.73. The molecule has 0 aliphatic carbocycles. The van der Waals surface area contributed by atoms with Crippen molar-refractivity contribution in [1.82, 2.24) is 0 Å². The summed E-state index contributed by atoms with van der Waals surface area (Å²) in [5.41, 5.74) is 5.84. The number of anilines is 1. The Morgan fingerprint density at radius 2 is 2.06 bits per heavy atom. The molecule has 0 atom stereocenters. The molecular weight excluding hydrogens is 251 g/mol. The van der Waals surface area contributed by atoms with Crippen molar-refractivity contribution in [3.05, 3.63) is 23.8 Å². The van der Waals surface area contributed by atoms with Gasteiger partial charge in [0, 0.05) is 0 Å². The van der Waals surface area contributed by atoms with E-state index in [0.29, 0.717) is 0 Å². The normalized spacial score (nSPS) is 11.1. The highest BCUT2D eigenvalue weighted by atomic mass is 19.4. The van der Waals surface area contributed by atoms with Gasteiger partial charge >= 0.3 is 12.1 Å². The van der Waals surface area contributed by atoms with Gasteiger partial charge in [0.05, 0.1) is 31.4 Å². The average molecular weight is 263 g/mol. The maximum absolute atomic E-state index is 11.9. The molecule has 0 aliphatic rings. The van der Waals surface area contributed by atoms with Crippen LogP contribution in [-0.2, 0) is 4.74 Å². The second-order valence-corrected chi connectivity index (χ2v) is 3.46. The fourth-order valence-corrected chi connectivity index (χ4v) is 1.18. The third-order valence-electron chi connectivity index (χ3n) is 2.08. The first-order valence-electron chi connectivity index (χ1n) is 5.01. The summed E-state index contributed by atoms with van der Waals surface area (Å²) in [4.78, 5) is 11.2. The summed E-state index contributed by atoms with van der Waals surface area (Å²) in [6.07, 6.45) is -5.39. The van der Waals surface area contributed by atoms with Crippen molar-refractivity contribution in [2.45, 2.75) is 12.6 Å². The molecular formula is C11H12F3NO3. The molecule has 0 amide bonds. The minimum atomic E-state index is -4.30. The first-order valence-corrected chi connectivity index (χ1v) is 5.01. The van der Waals surface area contributed by atoms with Gasteiger partial charge in [0.1, 0.15) is 5.75 Å². The Labute approximate surface area is 101 Å². The van der Waals surface area contributed by atoms with Crippen LogP contribution in [0.15, 0.2) is 18.2 Å². The third kappa shape index (κ3) is 4.15. The number of nitrogens with two attached hydrogens (primary N) is 1. The van der Waals surface area contributed by atoms with Crippen LogP contribution in [0, 0.1) is 0 Å². The van der Waals surface area contributed by atoms with Gasteiger partial charge in [-0.15, -0.1) is 0 Å². The Bertz CT molecular complexity index is 432. The number of benzene rings is 1. The van der Waals surface area contributed by atoms with Crippen LogP contribution in [0.3, 0.4) is 0 Å². The molecule has 0 aromatic heterocycles. The minimum absolute atomic E-state index is 0.0298. The van der Waals surface area contributed by atoms with Crippen molar-refractivity contribution in [2.75, 3.05) is 19.5 Å². The largest absolute Gasteiger partial charge is 0.491 e. The van der Waals surface area contributed by atoms with E-state index in [1.165, 1.54) is 25.3 Å². The molecule has 1 aromatic carbocycles. The molecule has 18 heavy (non-hydrogen) atoms. The van der Waals surface area contributed by atoms with Gasteiger partial charge in [0.15, 0.2) is 0 Å². The molecule has 7 heteroatoms. The van der Waals surface area contributed by atoms with Crippen molar-refractivity contribution < 1.29 is 27.4 Å². The van der Waals surface area contributed by atoms with Gasteiger partial charge in [-0.25, -0.2) is 4.79 Å². The van der Waals surface area contributed by atoms with Crippen LogP contribution < -0.4 is 10.5 Å². The van der Waals surface area contributed by atoms with Gasteiger partial charge < -0.3 is 15.2 Å². The highest BCUT2D eigenvalue weighted by Gasteiger charge is 2.27. The van der Waals surface area contributed by atoms with Gasteiger partial charge in [-0.3, -0.25) is 0 Å². The summed E-state index contributed by atoms with van der Waals surface area (Å²) in [6, 6.07) is 4.02. The monoisotopic (exact) mass is 263 g/mol. The number of nitrogen functional groups attached to an aromatic ring is 1. The molecule has 0 heterocycles. The van der Waals surface area contributed by atoms with Crippen molar-refractivity contribution in [2.24, 2.45) is 0 Å². The van der Waals surface area contributed by atoms with Crippen LogP contribution in [0.4, 0.5) is 18.9 Å². The van der Waals surface area contributed by atoms with E-state index in [1.807, 2.05) is 0 Å². The van der Waals surface area contributed by atoms with Crippen LogP contribution in [-0.4, -0.2) is 25.9 Å². The molecule has 2 N–H and O–H groups in total. The molecule has 100 valence electrons. The lowest BCUT2D eigenvalue weighted by atomic mass is 10.2. The third-order valence-corrected chi connectivity index (χ3v) is 2.08. The summed E-state index contributed by atoms with van der Waals surface area (Å²) in [6.45, 7) is -0.557. The molecule has 0 unspecified atom stereocenters. The van der Waals surface area contributed by atoms with Crippen LogP contribution in [0.2, 0.25) is 0 Å². The number of halogens is 3. The Kier molecular flexibility index (Phi) is 4.41. The summed E-state index contributed by atoms with van der Waals surface area (Å²) >= 11 is 0. The van der Waals surface area contributed by atoms with E-state index in [9.17, 15) is 18.0 Å². The number of carbonyl (C=O) groups excluding carboxylic acids is 1. The lowest BCUT2D eigenvalue weighted by molar-refractivity contribution is -0.139. The van der Waals surface area contributed by atoms with Crippen molar-refractivity contribution >= 4 is 11.7 Å². The topological polar surface area (TPSA) is 61.5 Å². The Morgan fingerprint density at radius 1 is 1.39 bits per heavy atom. The number of esters is 1. The van der Waals surface area contributed by atoms with E-state index in [2.05, 4.69) is 4.74 Å². The number of hydrogen-bond acceptors (Lipinski definition) is 4. The Morgan fingerprint density at radius 3 is 2.61 bits per heavy atom. The molecule has 0 aliphatic heterocycles. The van der Waals surface area contributed by atoms with E-state index >= 15 is 0 Å². The highest BCUT2D eigenvalue weighted by molar-refractivity contribution is 5.90. The lowest BCUT2D eigenvalue weighted by Gasteiger charge is -2.11. The zero-order chi connectivity index (χ0) is 13.8. The maximum atomic E-state index is 11.9. The maximum Gasteiger partial charge on any atom is 0.392 e. The molecule has 1 rings (SSSR count). The SMILES string of the molecule is COC(=O)c1ccc(N)c(OCCC(F)(F)F)c1. The van der Waals surface area contributed by atoms with E-state index in [4.69, 9.17) is 10.5 Å². The van der Waals surface area contributed by atoms with Crippen molar-refractivity contribution in [3.8, 4) is 5.75 Å². The number of rotatable bonds is 4. The van der Waals surface area contributed by atoms with E-state index in [-0.39, 0.29) is 17.0 Å². The average Bonchev–Trinajstić information content (AvgIpc) is 2.29. The Hall–Kier alpha value is -1.92. The number of ether oxygens (including phenoxy) is 2. The highest BCUT2D eigenvalue weighted by Crippen LogP contribution is 2.25. The number of carbonyl (C=O) groups is 1. The summed E-state index contributed by atoms with van der Waals surface area (Å²) in [5, 5.41) is 0. The number of alkyl halides is 3. The molecule has 0 saturated carbocycles. The van der Waals surface area contributed by atoms with Crippen molar-refractivity contribution in [3.63, 3.8) is 0 Å². The van der Waals surface area contributed by atoms with Crippen molar-refractivity contribution in [1.29, 1.82) is 0 Å². The molecule has 4 nitrogen and oxygen atoms in total. The van der Waals surface area contributed by atoms with Gasteiger partial charge in [0.2, 0.25) is 0 Å². The standard InChI is InChI=1S/C11H12F3NO3/c1-17-10(16)7-2-3-8(15)9(6-7)18-5-4-11(12,13)14/h2-3,6H,4-5,15H2,1H3. The van der Waals surface area contributed by atoms with Gasteiger partial charge in [0.25, 0.3) is 0 Å². The van der Waals surface area contributed by atoms with Crippen LogP contribution >= 0.6 is 0 Å². The predicted octanol–water partition coefficient (Wildman–Crippen LogP) is 2.39. The van der Waals surface area contributed by atoms with Crippen LogP contribution in [0.25, 0.3) is 0 Å². The number of hydrogen-bond donors (Lipinski definition) is 1. The zero-order valence-corrected chi connectivity index (χ0v) is 9.58. The second kappa shape index (κ2) is 5.61. The van der Waals surface area contributed by atoms with Gasteiger partial charge in [-0.1, -0.05) is 0 Å². The van der Waals surface area contributed by atoms with Crippen LogP contribution in [0.5, 0.6) is 5.75 Å². The van der Waals surface area contributed by atoms with E-state index < -0.39 is 25.2 Å². The molecule has 1 aromatic rings. The molecule has 0 saturated heterocycles. The summed E-state index contributed by atoms with van der Waals surface area (Å²) in [5.74, 6) is -0.585. The summed E-state index contributed by atoms with van der Waals surface area (Å²) in [7, 11) is 1.20. The molecule has 0 radical (unpaired) electrons. The quantitative estimate of drug-likeness (QED) is 0.669. The number of methoxy groups -OCH3 is 1. The van der Waals surface area contributed by atoms with Gasteiger partial charge in [-0.2, -0.15) is 13.2 Å². The van der Waals surface area contributed by atoms with Gasteiger partial charge in [-0.05, 0) is 18.2 Å². The lowest BCUT2D eigenvalue weighted by Crippen LogP contribution is -2.13. The molecule has 0 spiro atoms.